The lowest BCUT2D eigenvalue weighted by Gasteiger charge is -2.43. The van der Waals surface area contributed by atoms with E-state index in [1.165, 1.54) is 6.33 Å². The lowest BCUT2D eigenvalue weighted by molar-refractivity contribution is -0.102. The predicted octanol–water partition coefficient (Wildman–Crippen LogP) is 1.59. The molecule has 1 saturated heterocycles. The van der Waals surface area contributed by atoms with Crippen molar-refractivity contribution < 1.29 is 9.13 Å². The van der Waals surface area contributed by atoms with E-state index in [-0.39, 0.29) is 0 Å². The minimum Gasteiger partial charge on any atom is -0.379 e. The Balaban J connectivity index is 2.00. The van der Waals surface area contributed by atoms with Crippen molar-refractivity contribution in [3.63, 3.8) is 0 Å². The molecule has 0 aliphatic carbocycles. The molecular weight excluding hydrogens is 233 g/mol. The fraction of sp³-hybridized carbons (Fsp3) is 0.385. The highest BCUT2D eigenvalue weighted by Gasteiger charge is 2.50. The van der Waals surface area contributed by atoms with Crippen LogP contribution >= 0.6 is 0 Å². The Kier molecular flexibility index (Phi) is 2.63. The molecule has 93 valence electrons. The molecule has 1 aromatic carbocycles. The number of aryl methyl sites for hydroxylation is 1. The van der Waals surface area contributed by atoms with Gasteiger partial charge in [-0.2, -0.15) is 0 Å². The maximum atomic E-state index is 14.8. The van der Waals surface area contributed by atoms with Crippen LogP contribution in [0.2, 0.25) is 0 Å². The van der Waals surface area contributed by atoms with E-state index in [4.69, 9.17) is 4.74 Å². The quantitative estimate of drug-likeness (QED) is 0.825. The van der Waals surface area contributed by atoms with Gasteiger partial charge in [-0.15, -0.1) is 10.2 Å². The first kappa shape index (κ1) is 11.3. The summed E-state index contributed by atoms with van der Waals surface area (Å²) in [7, 11) is 1.74. The standard InChI is InChI=1S/C13H13FN3O/c1-17-9-15-16-12(17)11(14)13(7-18-8-13)10-5-3-2-4-6-10/h2-5,9,11H,7-8H2,1H3. The molecule has 1 atom stereocenters. The summed E-state index contributed by atoms with van der Waals surface area (Å²) >= 11 is 0. The smallest absolute Gasteiger partial charge is 0.174 e. The van der Waals surface area contributed by atoms with E-state index in [0.717, 1.165) is 5.56 Å². The highest BCUT2D eigenvalue weighted by molar-refractivity contribution is 5.30. The Morgan fingerprint density at radius 3 is 2.83 bits per heavy atom. The van der Waals surface area contributed by atoms with Gasteiger partial charge < -0.3 is 9.30 Å². The Morgan fingerprint density at radius 1 is 1.50 bits per heavy atom. The molecule has 3 rings (SSSR count). The van der Waals surface area contributed by atoms with Crippen LogP contribution in [0.15, 0.2) is 30.6 Å². The van der Waals surface area contributed by atoms with Gasteiger partial charge in [-0.25, -0.2) is 4.39 Å². The van der Waals surface area contributed by atoms with Crippen LogP contribution in [0.25, 0.3) is 0 Å². The molecule has 0 N–H and O–H groups in total. The Hall–Kier alpha value is -1.75. The summed E-state index contributed by atoms with van der Waals surface area (Å²) in [5.74, 6) is 0.329. The first-order valence-corrected chi connectivity index (χ1v) is 5.77. The number of nitrogens with zero attached hydrogens (tertiary/aromatic N) is 3. The first-order valence-electron chi connectivity index (χ1n) is 5.77. The largest absolute Gasteiger partial charge is 0.379 e. The zero-order chi connectivity index (χ0) is 12.6. The summed E-state index contributed by atoms with van der Waals surface area (Å²) in [6.45, 7) is 0.697. The summed E-state index contributed by atoms with van der Waals surface area (Å²) in [6, 6.07) is 10.5. The van der Waals surface area contributed by atoms with Gasteiger partial charge in [0.05, 0.1) is 18.6 Å². The van der Waals surface area contributed by atoms with E-state index in [9.17, 15) is 4.39 Å². The first-order chi connectivity index (χ1) is 8.74. The van der Waals surface area contributed by atoms with Gasteiger partial charge in [0, 0.05) is 7.05 Å². The minimum atomic E-state index is -1.24. The van der Waals surface area contributed by atoms with Crippen LogP contribution in [0.1, 0.15) is 17.6 Å². The lowest BCUT2D eigenvalue weighted by Crippen LogP contribution is -2.50. The zero-order valence-corrected chi connectivity index (χ0v) is 10.0. The SMILES string of the molecule is Cn1cnnc1C(F)C1(c2[c]cccc2)COC1. The highest BCUT2D eigenvalue weighted by atomic mass is 19.1. The van der Waals surface area contributed by atoms with Crippen molar-refractivity contribution in [3.8, 4) is 0 Å². The number of hydrogen-bond donors (Lipinski definition) is 0. The molecule has 1 radical (unpaired) electrons. The molecule has 5 heteroatoms. The second-order valence-corrected chi connectivity index (χ2v) is 4.59. The summed E-state index contributed by atoms with van der Waals surface area (Å²) in [4.78, 5) is 0. The molecule has 2 aromatic rings. The van der Waals surface area contributed by atoms with Crippen molar-refractivity contribution in [3.05, 3.63) is 48.0 Å². The number of aromatic nitrogens is 3. The number of benzene rings is 1. The highest BCUT2D eigenvalue weighted by Crippen LogP contribution is 2.44. The van der Waals surface area contributed by atoms with Crippen LogP contribution in [0.4, 0.5) is 4.39 Å². The van der Waals surface area contributed by atoms with Crippen LogP contribution < -0.4 is 0 Å². The summed E-state index contributed by atoms with van der Waals surface area (Å²) in [6.07, 6.45) is 0.265. The maximum Gasteiger partial charge on any atom is 0.174 e. The predicted molar refractivity (Wildman–Crippen MR) is 62.6 cm³/mol. The second-order valence-electron chi connectivity index (χ2n) is 4.59. The average Bonchev–Trinajstić information content (AvgIpc) is 2.75. The third-order valence-corrected chi connectivity index (χ3v) is 3.42. The number of rotatable bonds is 3. The molecule has 1 unspecified atom stereocenters. The third-order valence-electron chi connectivity index (χ3n) is 3.42. The molecule has 0 bridgehead atoms. The Labute approximate surface area is 104 Å². The van der Waals surface area contributed by atoms with Crippen molar-refractivity contribution in [2.45, 2.75) is 11.6 Å². The van der Waals surface area contributed by atoms with Crippen LogP contribution in [0, 0.1) is 6.07 Å². The number of halogens is 1. The van der Waals surface area contributed by atoms with Crippen LogP contribution in [0.3, 0.4) is 0 Å². The molecule has 1 aromatic heterocycles. The Bertz CT molecular complexity index is 536. The molecule has 18 heavy (non-hydrogen) atoms. The lowest BCUT2D eigenvalue weighted by atomic mass is 9.74. The topological polar surface area (TPSA) is 39.9 Å². The van der Waals surface area contributed by atoms with Crippen molar-refractivity contribution in [1.82, 2.24) is 14.8 Å². The summed E-state index contributed by atoms with van der Waals surface area (Å²) in [5, 5.41) is 7.59. The van der Waals surface area contributed by atoms with E-state index in [1.807, 2.05) is 18.2 Å². The number of hydrogen-bond acceptors (Lipinski definition) is 3. The van der Waals surface area contributed by atoms with Crippen molar-refractivity contribution in [2.24, 2.45) is 7.05 Å². The second kappa shape index (κ2) is 4.17. The third kappa shape index (κ3) is 1.54. The van der Waals surface area contributed by atoms with Crippen LogP contribution in [-0.2, 0) is 17.2 Å². The molecule has 0 saturated carbocycles. The molecule has 0 spiro atoms. The molecule has 2 heterocycles. The molecule has 0 amide bonds. The van der Waals surface area contributed by atoms with Gasteiger partial charge in [0.1, 0.15) is 6.33 Å². The average molecular weight is 246 g/mol. The normalized spacial score (nSPS) is 19.2. The molecule has 1 fully saturated rings. The molecular formula is C13H13FN3O. The van der Waals surface area contributed by atoms with Gasteiger partial charge in [-0.3, -0.25) is 0 Å². The van der Waals surface area contributed by atoms with Crippen molar-refractivity contribution in [2.75, 3.05) is 13.2 Å². The van der Waals surface area contributed by atoms with Gasteiger partial charge in [-0.05, 0) is 11.6 Å². The van der Waals surface area contributed by atoms with Crippen LogP contribution in [0.5, 0.6) is 0 Å². The van der Waals surface area contributed by atoms with E-state index < -0.39 is 11.6 Å². The van der Waals surface area contributed by atoms with E-state index >= 15 is 0 Å². The zero-order valence-electron chi connectivity index (χ0n) is 10.0. The molecule has 1 aliphatic rings. The number of ether oxygens (including phenoxy) is 1. The van der Waals surface area contributed by atoms with Gasteiger partial charge in [0.2, 0.25) is 0 Å². The molecule has 4 nitrogen and oxygen atoms in total. The number of alkyl halides is 1. The fourth-order valence-corrected chi connectivity index (χ4v) is 2.23. The minimum absolute atomic E-state index is 0.329. The van der Waals surface area contributed by atoms with Crippen molar-refractivity contribution >= 4 is 0 Å². The van der Waals surface area contributed by atoms with E-state index in [0.29, 0.717) is 19.0 Å². The van der Waals surface area contributed by atoms with E-state index in [1.54, 1.807) is 17.7 Å². The summed E-state index contributed by atoms with van der Waals surface area (Å²) < 4.78 is 21.6. The summed E-state index contributed by atoms with van der Waals surface area (Å²) in [5.41, 5.74) is 0.147. The van der Waals surface area contributed by atoms with Gasteiger partial charge in [0.25, 0.3) is 0 Å². The van der Waals surface area contributed by atoms with Crippen molar-refractivity contribution in [1.29, 1.82) is 0 Å². The monoisotopic (exact) mass is 246 g/mol. The van der Waals surface area contributed by atoms with Gasteiger partial charge >= 0.3 is 0 Å². The van der Waals surface area contributed by atoms with E-state index in [2.05, 4.69) is 16.3 Å². The fourth-order valence-electron chi connectivity index (χ4n) is 2.23. The van der Waals surface area contributed by atoms with Gasteiger partial charge in [-0.1, -0.05) is 24.3 Å². The van der Waals surface area contributed by atoms with Crippen LogP contribution in [-0.4, -0.2) is 28.0 Å². The Morgan fingerprint density at radius 2 is 2.33 bits per heavy atom. The molecule has 1 aliphatic heterocycles. The van der Waals surface area contributed by atoms with Gasteiger partial charge in [0.15, 0.2) is 12.0 Å². The maximum absolute atomic E-state index is 14.8.